The molecule has 3 rings (SSSR count). The molecule has 2 aromatic rings. The van der Waals surface area contributed by atoms with E-state index in [4.69, 9.17) is 4.74 Å². The van der Waals surface area contributed by atoms with Gasteiger partial charge < -0.3 is 20.1 Å². The van der Waals surface area contributed by atoms with Crippen LogP contribution in [0.5, 0.6) is 5.75 Å². The molecule has 2 aromatic carbocycles. The first kappa shape index (κ1) is 16.8. The molecule has 130 valence electrons. The van der Waals surface area contributed by atoms with Gasteiger partial charge in [-0.15, -0.1) is 0 Å². The monoisotopic (exact) mass is 340 g/mol. The summed E-state index contributed by atoms with van der Waals surface area (Å²) in [5, 5.41) is 12.2. The number of rotatable bonds is 5. The van der Waals surface area contributed by atoms with Gasteiger partial charge in [-0.25, -0.2) is 4.79 Å². The van der Waals surface area contributed by atoms with Gasteiger partial charge in [-0.3, -0.25) is 4.79 Å². The fourth-order valence-corrected chi connectivity index (χ4v) is 3.01. The number of hydrogen-bond acceptors (Lipinski definition) is 4. The van der Waals surface area contributed by atoms with E-state index in [1.54, 1.807) is 36.4 Å². The summed E-state index contributed by atoms with van der Waals surface area (Å²) in [6, 6.07) is 11.9. The Balaban J connectivity index is 1.88. The molecule has 1 amide bonds. The van der Waals surface area contributed by atoms with Crippen LogP contribution in [-0.4, -0.2) is 37.2 Å². The number of amides is 1. The van der Waals surface area contributed by atoms with Gasteiger partial charge in [-0.1, -0.05) is 12.1 Å². The van der Waals surface area contributed by atoms with E-state index < -0.39 is 11.9 Å². The van der Waals surface area contributed by atoms with Crippen LogP contribution in [0.4, 0.5) is 11.4 Å². The maximum atomic E-state index is 12.5. The number of ether oxygens (including phenoxy) is 1. The zero-order valence-corrected chi connectivity index (χ0v) is 14.0. The summed E-state index contributed by atoms with van der Waals surface area (Å²) in [4.78, 5) is 26.3. The maximum Gasteiger partial charge on any atom is 0.337 e. The van der Waals surface area contributed by atoms with Crippen molar-refractivity contribution >= 4 is 23.3 Å². The molecule has 0 radical (unpaired) electrons. The van der Waals surface area contributed by atoms with E-state index in [9.17, 15) is 14.7 Å². The van der Waals surface area contributed by atoms with Crippen molar-refractivity contribution in [2.75, 3.05) is 30.4 Å². The lowest BCUT2D eigenvalue weighted by Crippen LogP contribution is -2.19. The van der Waals surface area contributed by atoms with Crippen molar-refractivity contribution in [1.29, 1.82) is 0 Å². The molecule has 0 unspecified atom stereocenters. The predicted molar refractivity (Wildman–Crippen MR) is 95.8 cm³/mol. The molecule has 0 aromatic heterocycles. The molecule has 0 bridgehead atoms. The van der Waals surface area contributed by atoms with Crippen LogP contribution in [0.1, 0.15) is 33.6 Å². The van der Waals surface area contributed by atoms with Gasteiger partial charge >= 0.3 is 5.97 Å². The lowest BCUT2D eigenvalue weighted by atomic mass is 10.1. The zero-order chi connectivity index (χ0) is 17.8. The number of anilines is 2. The van der Waals surface area contributed by atoms with Crippen molar-refractivity contribution in [2.24, 2.45) is 0 Å². The van der Waals surface area contributed by atoms with E-state index in [0.29, 0.717) is 11.3 Å². The molecule has 6 nitrogen and oxygen atoms in total. The van der Waals surface area contributed by atoms with Crippen molar-refractivity contribution in [3.63, 3.8) is 0 Å². The lowest BCUT2D eigenvalue weighted by molar-refractivity contribution is 0.0698. The highest BCUT2D eigenvalue weighted by atomic mass is 16.5. The number of hydrogen-bond donors (Lipinski definition) is 2. The second-order valence-electron chi connectivity index (χ2n) is 5.88. The van der Waals surface area contributed by atoms with Gasteiger partial charge in [0, 0.05) is 18.8 Å². The second-order valence-corrected chi connectivity index (χ2v) is 5.88. The van der Waals surface area contributed by atoms with Crippen LogP contribution in [0.3, 0.4) is 0 Å². The molecule has 1 saturated heterocycles. The Labute approximate surface area is 146 Å². The number of nitrogens with one attached hydrogen (secondary N) is 1. The topological polar surface area (TPSA) is 78.9 Å². The molecular weight excluding hydrogens is 320 g/mol. The van der Waals surface area contributed by atoms with E-state index >= 15 is 0 Å². The zero-order valence-electron chi connectivity index (χ0n) is 14.0. The third kappa shape index (κ3) is 3.57. The smallest absolute Gasteiger partial charge is 0.337 e. The number of methoxy groups -OCH3 is 1. The SMILES string of the molecule is COc1ccccc1C(=O)Nc1ccc(N2CCCC2)cc1C(=O)O. The van der Waals surface area contributed by atoms with Crippen molar-refractivity contribution in [3.8, 4) is 5.75 Å². The Morgan fingerprint density at radius 2 is 1.80 bits per heavy atom. The van der Waals surface area contributed by atoms with Crippen LogP contribution in [0.2, 0.25) is 0 Å². The highest BCUT2D eigenvalue weighted by Crippen LogP contribution is 2.27. The summed E-state index contributed by atoms with van der Waals surface area (Å²) in [7, 11) is 1.49. The molecule has 0 aliphatic carbocycles. The highest BCUT2D eigenvalue weighted by Gasteiger charge is 2.19. The van der Waals surface area contributed by atoms with Crippen LogP contribution in [0, 0.1) is 0 Å². The van der Waals surface area contributed by atoms with Gasteiger partial charge in [-0.2, -0.15) is 0 Å². The number of para-hydroxylation sites is 1. The number of carbonyl (C=O) groups is 2. The largest absolute Gasteiger partial charge is 0.496 e. The van der Waals surface area contributed by atoms with Gasteiger partial charge in [0.05, 0.1) is 23.9 Å². The van der Waals surface area contributed by atoms with Crippen LogP contribution in [0.15, 0.2) is 42.5 Å². The molecular formula is C19H20N2O4. The first-order chi connectivity index (χ1) is 12.1. The summed E-state index contributed by atoms with van der Waals surface area (Å²) in [5.41, 5.74) is 1.56. The van der Waals surface area contributed by atoms with E-state index in [2.05, 4.69) is 10.2 Å². The number of carboxylic acid groups (broad SMARTS) is 1. The normalized spacial score (nSPS) is 13.6. The van der Waals surface area contributed by atoms with Crippen molar-refractivity contribution in [3.05, 3.63) is 53.6 Å². The summed E-state index contributed by atoms with van der Waals surface area (Å²) in [6.07, 6.45) is 2.21. The molecule has 0 saturated carbocycles. The van der Waals surface area contributed by atoms with Crippen molar-refractivity contribution in [2.45, 2.75) is 12.8 Å². The van der Waals surface area contributed by atoms with Crippen LogP contribution < -0.4 is 15.0 Å². The fraction of sp³-hybridized carbons (Fsp3) is 0.263. The Morgan fingerprint density at radius 3 is 2.48 bits per heavy atom. The van der Waals surface area contributed by atoms with Crippen LogP contribution in [0.25, 0.3) is 0 Å². The predicted octanol–water partition coefficient (Wildman–Crippen LogP) is 3.25. The summed E-state index contributed by atoms with van der Waals surface area (Å²) < 4.78 is 5.18. The fourth-order valence-electron chi connectivity index (χ4n) is 3.01. The minimum absolute atomic E-state index is 0.0765. The standard InChI is InChI=1S/C19H20N2O4/c1-25-17-7-3-2-6-14(17)18(22)20-16-9-8-13(12-15(16)19(23)24)21-10-4-5-11-21/h2-3,6-9,12H,4-5,10-11H2,1H3,(H,20,22)(H,23,24). The highest BCUT2D eigenvalue weighted by molar-refractivity contribution is 6.09. The molecule has 1 aliphatic rings. The second kappa shape index (κ2) is 7.25. The maximum absolute atomic E-state index is 12.5. The molecule has 1 heterocycles. The molecule has 1 aliphatic heterocycles. The molecule has 0 spiro atoms. The summed E-state index contributed by atoms with van der Waals surface area (Å²) in [6.45, 7) is 1.85. The number of carboxylic acids is 1. The Kier molecular flexibility index (Phi) is 4.88. The average Bonchev–Trinajstić information content (AvgIpc) is 3.16. The lowest BCUT2D eigenvalue weighted by Gasteiger charge is -2.19. The third-order valence-corrected chi connectivity index (χ3v) is 4.30. The van der Waals surface area contributed by atoms with Gasteiger partial charge in [0.15, 0.2) is 0 Å². The first-order valence-corrected chi connectivity index (χ1v) is 8.17. The third-order valence-electron chi connectivity index (χ3n) is 4.30. The molecule has 1 fully saturated rings. The average molecular weight is 340 g/mol. The summed E-state index contributed by atoms with van der Waals surface area (Å²) >= 11 is 0. The molecule has 0 atom stereocenters. The number of nitrogens with zero attached hydrogens (tertiary/aromatic N) is 1. The van der Waals surface area contributed by atoms with E-state index in [1.165, 1.54) is 7.11 Å². The Bertz CT molecular complexity index is 798. The quantitative estimate of drug-likeness (QED) is 0.873. The Morgan fingerprint density at radius 1 is 1.08 bits per heavy atom. The first-order valence-electron chi connectivity index (χ1n) is 8.17. The Hall–Kier alpha value is -3.02. The van der Waals surface area contributed by atoms with Crippen LogP contribution >= 0.6 is 0 Å². The van der Waals surface area contributed by atoms with Gasteiger partial charge in [0.1, 0.15) is 5.75 Å². The van der Waals surface area contributed by atoms with Crippen molar-refractivity contribution in [1.82, 2.24) is 0 Å². The minimum Gasteiger partial charge on any atom is -0.496 e. The van der Waals surface area contributed by atoms with E-state index in [1.807, 2.05) is 6.07 Å². The van der Waals surface area contributed by atoms with Crippen LogP contribution in [-0.2, 0) is 0 Å². The molecule has 2 N–H and O–H groups in total. The van der Waals surface area contributed by atoms with E-state index in [-0.39, 0.29) is 11.3 Å². The molecule has 25 heavy (non-hydrogen) atoms. The van der Waals surface area contributed by atoms with Crippen molar-refractivity contribution < 1.29 is 19.4 Å². The summed E-state index contributed by atoms with van der Waals surface area (Å²) in [5.74, 6) is -1.05. The number of carbonyl (C=O) groups excluding carboxylic acids is 1. The van der Waals surface area contributed by atoms with E-state index in [0.717, 1.165) is 31.6 Å². The van der Waals surface area contributed by atoms with Gasteiger partial charge in [-0.05, 0) is 43.2 Å². The number of benzene rings is 2. The van der Waals surface area contributed by atoms with Gasteiger partial charge in [0.2, 0.25) is 0 Å². The minimum atomic E-state index is -1.07. The van der Waals surface area contributed by atoms with Gasteiger partial charge in [0.25, 0.3) is 5.91 Å². The molecule has 6 heteroatoms. The number of aromatic carboxylic acids is 1.